The van der Waals surface area contributed by atoms with Crippen molar-refractivity contribution >= 4 is 17.6 Å². The Labute approximate surface area is 134 Å². The highest BCUT2D eigenvalue weighted by atomic mass is 16.5. The van der Waals surface area contributed by atoms with Gasteiger partial charge < -0.3 is 14.9 Å². The first kappa shape index (κ1) is 16.7. The standard InChI is InChI=1S/C17H20N2O4/c1-10(2)14-9-15(23-19-14)16(20)18-13-6-4-12(5-7-13)8-11(3)17(21)22/h4-7,9-11H,8H2,1-3H3,(H,18,20)(H,21,22). The summed E-state index contributed by atoms with van der Waals surface area (Å²) in [5.41, 5.74) is 2.25. The number of aromatic nitrogens is 1. The summed E-state index contributed by atoms with van der Waals surface area (Å²) < 4.78 is 5.04. The average molecular weight is 316 g/mol. The van der Waals surface area contributed by atoms with E-state index in [2.05, 4.69) is 10.5 Å². The quantitative estimate of drug-likeness (QED) is 0.853. The van der Waals surface area contributed by atoms with Gasteiger partial charge in [-0.15, -0.1) is 0 Å². The van der Waals surface area contributed by atoms with Crippen LogP contribution in [0.25, 0.3) is 0 Å². The molecule has 0 bridgehead atoms. The number of hydrogen-bond donors (Lipinski definition) is 2. The predicted molar refractivity (Wildman–Crippen MR) is 85.5 cm³/mol. The number of rotatable bonds is 6. The molecule has 0 radical (unpaired) electrons. The number of anilines is 1. The van der Waals surface area contributed by atoms with Crippen LogP contribution in [0.1, 0.15) is 48.5 Å². The molecule has 2 aromatic rings. The molecular formula is C17H20N2O4. The molecule has 2 N–H and O–H groups in total. The Morgan fingerprint density at radius 3 is 2.39 bits per heavy atom. The molecule has 1 aromatic heterocycles. The summed E-state index contributed by atoms with van der Waals surface area (Å²) >= 11 is 0. The second-order valence-corrected chi connectivity index (χ2v) is 5.87. The van der Waals surface area contributed by atoms with Crippen LogP contribution in [0.5, 0.6) is 0 Å². The Hall–Kier alpha value is -2.63. The van der Waals surface area contributed by atoms with Crippen molar-refractivity contribution < 1.29 is 19.2 Å². The fraction of sp³-hybridized carbons (Fsp3) is 0.353. The van der Waals surface area contributed by atoms with E-state index >= 15 is 0 Å². The second-order valence-electron chi connectivity index (χ2n) is 5.87. The first-order chi connectivity index (χ1) is 10.9. The van der Waals surface area contributed by atoms with Gasteiger partial charge in [0.2, 0.25) is 5.76 Å². The highest BCUT2D eigenvalue weighted by Crippen LogP contribution is 2.17. The normalized spacial score (nSPS) is 12.2. The van der Waals surface area contributed by atoms with Crippen molar-refractivity contribution in [1.29, 1.82) is 0 Å². The average Bonchev–Trinajstić information content (AvgIpc) is 2.99. The molecular weight excluding hydrogens is 296 g/mol. The number of nitrogens with zero attached hydrogens (tertiary/aromatic N) is 1. The lowest BCUT2D eigenvalue weighted by molar-refractivity contribution is -0.141. The zero-order valence-corrected chi connectivity index (χ0v) is 13.4. The number of amides is 1. The van der Waals surface area contributed by atoms with Crippen molar-refractivity contribution in [3.8, 4) is 0 Å². The smallest absolute Gasteiger partial charge is 0.306 e. The van der Waals surface area contributed by atoms with Gasteiger partial charge >= 0.3 is 5.97 Å². The van der Waals surface area contributed by atoms with Crippen LogP contribution in [0.2, 0.25) is 0 Å². The van der Waals surface area contributed by atoms with E-state index in [9.17, 15) is 9.59 Å². The number of carboxylic acid groups (broad SMARTS) is 1. The third-order valence-corrected chi connectivity index (χ3v) is 3.52. The summed E-state index contributed by atoms with van der Waals surface area (Å²) in [5.74, 6) is -1.28. The minimum absolute atomic E-state index is 0.164. The molecule has 1 unspecified atom stereocenters. The van der Waals surface area contributed by atoms with Gasteiger partial charge in [-0.3, -0.25) is 9.59 Å². The van der Waals surface area contributed by atoms with E-state index in [0.717, 1.165) is 11.3 Å². The molecule has 6 nitrogen and oxygen atoms in total. The predicted octanol–water partition coefficient (Wildman–Crippen LogP) is 3.31. The van der Waals surface area contributed by atoms with Crippen LogP contribution in [-0.2, 0) is 11.2 Å². The third-order valence-electron chi connectivity index (χ3n) is 3.52. The zero-order valence-electron chi connectivity index (χ0n) is 13.4. The van der Waals surface area contributed by atoms with E-state index in [4.69, 9.17) is 9.63 Å². The lowest BCUT2D eigenvalue weighted by atomic mass is 10.0. The molecule has 0 fully saturated rings. The lowest BCUT2D eigenvalue weighted by Crippen LogP contribution is -2.13. The Bertz CT molecular complexity index is 689. The van der Waals surface area contributed by atoms with Crippen molar-refractivity contribution in [3.05, 3.63) is 47.3 Å². The first-order valence-corrected chi connectivity index (χ1v) is 7.46. The minimum atomic E-state index is -0.825. The van der Waals surface area contributed by atoms with Crippen molar-refractivity contribution in [2.24, 2.45) is 5.92 Å². The van der Waals surface area contributed by atoms with Gasteiger partial charge in [0.1, 0.15) is 0 Å². The van der Waals surface area contributed by atoms with E-state index in [0.29, 0.717) is 12.1 Å². The van der Waals surface area contributed by atoms with Crippen LogP contribution in [0.15, 0.2) is 34.9 Å². The lowest BCUT2D eigenvalue weighted by Gasteiger charge is -2.07. The molecule has 6 heteroatoms. The molecule has 0 saturated heterocycles. The first-order valence-electron chi connectivity index (χ1n) is 7.46. The maximum Gasteiger partial charge on any atom is 0.306 e. The van der Waals surface area contributed by atoms with Crippen molar-refractivity contribution in [2.45, 2.75) is 33.1 Å². The van der Waals surface area contributed by atoms with Crippen LogP contribution >= 0.6 is 0 Å². The number of carbonyl (C=O) groups excluding carboxylic acids is 1. The van der Waals surface area contributed by atoms with Crippen molar-refractivity contribution in [1.82, 2.24) is 5.16 Å². The molecule has 1 aromatic carbocycles. The van der Waals surface area contributed by atoms with E-state index in [1.165, 1.54) is 0 Å². The summed E-state index contributed by atoms with van der Waals surface area (Å²) in [6.45, 7) is 5.60. The van der Waals surface area contributed by atoms with Crippen LogP contribution in [0, 0.1) is 5.92 Å². The summed E-state index contributed by atoms with van der Waals surface area (Å²) in [6, 6.07) is 8.70. The van der Waals surface area contributed by atoms with Crippen molar-refractivity contribution in [3.63, 3.8) is 0 Å². The minimum Gasteiger partial charge on any atom is -0.481 e. The fourth-order valence-corrected chi connectivity index (χ4v) is 2.03. The molecule has 1 amide bonds. The Kier molecular flexibility index (Phi) is 5.16. The number of carboxylic acids is 1. The van der Waals surface area contributed by atoms with Crippen LogP contribution in [0.3, 0.4) is 0 Å². The molecule has 2 rings (SSSR count). The molecule has 0 spiro atoms. The highest BCUT2D eigenvalue weighted by Gasteiger charge is 2.15. The monoisotopic (exact) mass is 316 g/mol. The number of aliphatic carboxylic acids is 1. The molecule has 23 heavy (non-hydrogen) atoms. The largest absolute Gasteiger partial charge is 0.481 e. The fourth-order valence-electron chi connectivity index (χ4n) is 2.03. The van der Waals surface area contributed by atoms with Gasteiger partial charge in [0.25, 0.3) is 5.91 Å². The zero-order chi connectivity index (χ0) is 17.0. The number of benzene rings is 1. The van der Waals surface area contributed by atoms with Crippen molar-refractivity contribution in [2.75, 3.05) is 5.32 Å². The third kappa shape index (κ3) is 4.42. The summed E-state index contributed by atoms with van der Waals surface area (Å²) in [6.07, 6.45) is 0.448. The van der Waals surface area contributed by atoms with E-state index in [-0.39, 0.29) is 17.6 Å². The maximum absolute atomic E-state index is 12.1. The Morgan fingerprint density at radius 1 is 1.22 bits per heavy atom. The van der Waals surface area contributed by atoms with Crippen LogP contribution in [-0.4, -0.2) is 22.1 Å². The Morgan fingerprint density at radius 2 is 1.87 bits per heavy atom. The number of nitrogens with one attached hydrogen (secondary N) is 1. The van der Waals surface area contributed by atoms with Gasteiger partial charge in [0, 0.05) is 11.8 Å². The summed E-state index contributed by atoms with van der Waals surface area (Å²) in [4.78, 5) is 22.9. The molecule has 0 aliphatic rings. The Balaban J connectivity index is 1.99. The van der Waals surface area contributed by atoms with Gasteiger partial charge in [-0.05, 0) is 30.0 Å². The second kappa shape index (κ2) is 7.09. The van der Waals surface area contributed by atoms with Gasteiger partial charge in [-0.25, -0.2) is 0 Å². The van der Waals surface area contributed by atoms with Gasteiger partial charge in [0.05, 0.1) is 11.6 Å². The summed E-state index contributed by atoms with van der Waals surface area (Å²) in [5, 5.41) is 15.5. The number of hydrogen-bond acceptors (Lipinski definition) is 4. The number of carbonyl (C=O) groups is 2. The molecule has 1 heterocycles. The maximum atomic E-state index is 12.1. The van der Waals surface area contributed by atoms with Gasteiger partial charge in [-0.1, -0.05) is 38.1 Å². The molecule has 1 atom stereocenters. The SMILES string of the molecule is CC(Cc1ccc(NC(=O)c2cc(C(C)C)no2)cc1)C(=O)O. The van der Waals surface area contributed by atoms with E-state index < -0.39 is 11.9 Å². The molecule has 0 aliphatic carbocycles. The molecule has 0 saturated carbocycles. The van der Waals surface area contributed by atoms with Crippen LogP contribution in [0.4, 0.5) is 5.69 Å². The van der Waals surface area contributed by atoms with E-state index in [1.54, 1.807) is 37.3 Å². The van der Waals surface area contributed by atoms with Gasteiger partial charge in [-0.2, -0.15) is 0 Å². The highest BCUT2D eigenvalue weighted by molar-refractivity contribution is 6.02. The topological polar surface area (TPSA) is 92.4 Å². The van der Waals surface area contributed by atoms with Crippen LogP contribution < -0.4 is 5.32 Å². The molecule has 122 valence electrons. The van der Waals surface area contributed by atoms with Gasteiger partial charge in [0.15, 0.2) is 0 Å². The van der Waals surface area contributed by atoms with E-state index in [1.807, 2.05) is 13.8 Å². The summed E-state index contributed by atoms with van der Waals surface area (Å²) in [7, 11) is 0. The molecule has 0 aliphatic heterocycles.